The van der Waals surface area contributed by atoms with Crippen LogP contribution in [0.2, 0.25) is 0 Å². The Morgan fingerprint density at radius 1 is 1.22 bits per heavy atom. The lowest BCUT2D eigenvalue weighted by Crippen LogP contribution is -2.47. The lowest BCUT2D eigenvalue weighted by atomic mass is 9.96. The summed E-state index contributed by atoms with van der Waals surface area (Å²) >= 11 is 0. The van der Waals surface area contributed by atoms with E-state index >= 15 is 0 Å². The van der Waals surface area contributed by atoms with Gasteiger partial charge in [0.15, 0.2) is 0 Å². The largest absolute Gasteiger partial charge is 0.403 e. The fourth-order valence-corrected chi connectivity index (χ4v) is 5.03. The molecular weight excluding hydrogens is 398 g/mol. The number of nitrogens with one attached hydrogen (secondary N) is 2. The molecule has 1 fully saturated rings. The molecular formula is C25H35N7. The van der Waals surface area contributed by atoms with Crippen molar-refractivity contribution in [1.29, 1.82) is 0 Å². The average Bonchev–Trinajstić information content (AvgIpc) is 3.17. The van der Waals surface area contributed by atoms with Crippen LogP contribution in [-0.4, -0.2) is 45.4 Å². The van der Waals surface area contributed by atoms with Gasteiger partial charge in [0.2, 0.25) is 5.95 Å². The molecule has 2 aliphatic heterocycles. The van der Waals surface area contributed by atoms with Crippen molar-refractivity contribution in [3.8, 4) is 0 Å². The first-order valence-electron chi connectivity index (χ1n) is 11.4. The maximum Gasteiger partial charge on any atom is 0.227 e. The van der Waals surface area contributed by atoms with Crippen molar-refractivity contribution in [2.45, 2.75) is 58.8 Å². The Kier molecular flexibility index (Phi) is 6.37. The fourth-order valence-electron chi connectivity index (χ4n) is 5.03. The number of rotatable bonds is 6. The Balaban J connectivity index is 1.40. The van der Waals surface area contributed by atoms with Gasteiger partial charge in [0, 0.05) is 62.4 Å². The van der Waals surface area contributed by atoms with Crippen molar-refractivity contribution in [3.63, 3.8) is 0 Å². The van der Waals surface area contributed by atoms with Gasteiger partial charge in [-0.2, -0.15) is 0 Å². The number of nitrogens with two attached hydrogens (primary N) is 1. The Hall–Kier alpha value is -3.06. The number of anilines is 2. The molecule has 0 amide bonds. The Bertz CT molecular complexity index is 1010. The Labute approximate surface area is 191 Å². The summed E-state index contributed by atoms with van der Waals surface area (Å²) in [6.07, 6.45) is 5.77. The Morgan fingerprint density at radius 3 is 2.62 bits per heavy atom. The molecule has 1 saturated heterocycles. The normalized spacial score (nSPS) is 21.4. The molecule has 32 heavy (non-hydrogen) atoms. The SMILES string of the molecule is C=C(/C(=C/N)NC)N1CC[C@@H](N2Cc3cnc(Nc4cc(C)cc(C)c4)nc3C2)C[C@H]1C. The van der Waals surface area contributed by atoms with Crippen LogP contribution in [-0.2, 0) is 13.1 Å². The minimum atomic E-state index is 0.404. The van der Waals surface area contributed by atoms with Crippen LogP contribution in [0.25, 0.3) is 0 Å². The van der Waals surface area contributed by atoms with Gasteiger partial charge >= 0.3 is 0 Å². The summed E-state index contributed by atoms with van der Waals surface area (Å²) in [5.74, 6) is 0.670. The van der Waals surface area contributed by atoms with Crippen LogP contribution in [0, 0.1) is 13.8 Å². The van der Waals surface area contributed by atoms with Crippen molar-refractivity contribution < 1.29 is 0 Å². The molecule has 170 valence electrons. The second-order valence-corrected chi connectivity index (χ2v) is 9.07. The predicted octanol–water partition coefficient (Wildman–Crippen LogP) is 3.54. The molecule has 2 atom stereocenters. The standard InChI is InChI=1S/C25H35N7/c1-16-8-17(2)10-21(9-16)29-25-28-13-20-14-31(15-24(20)30-25)22-6-7-32(18(3)11-22)19(4)23(12-26)27-5/h8-10,12-13,18,22,27H,4,6-7,11,14-15,26H2,1-3,5H3,(H,28,29,30)/b23-12-/t18-,22-/m1/s1. The van der Waals surface area contributed by atoms with Crippen LogP contribution in [0.1, 0.15) is 42.1 Å². The number of hydrogen-bond acceptors (Lipinski definition) is 7. The molecule has 4 rings (SSSR count). The van der Waals surface area contributed by atoms with Crippen molar-refractivity contribution in [2.75, 3.05) is 18.9 Å². The minimum absolute atomic E-state index is 0.404. The second-order valence-electron chi connectivity index (χ2n) is 9.07. The van der Waals surface area contributed by atoms with E-state index in [-0.39, 0.29) is 0 Å². The molecule has 2 aromatic rings. The van der Waals surface area contributed by atoms with Crippen LogP contribution in [0.4, 0.5) is 11.6 Å². The molecule has 1 aromatic heterocycles. The molecule has 7 heteroatoms. The average molecular weight is 434 g/mol. The minimum Gasteiger partial charge on any atom is -0.403 e. The summed E-state index contributed by atoms with van der Waals surface area (Å²) in [6.45, 7) is 13.5. The van der Waals surface area contributed by atoms with E-state index in [1.54, 1.807) is 6.20 Å². The van der Waals surface area contributed by atoms with Gasteiger partial charge in [0.1, 0.15) is 0 Å². The summed E-state index contributed by atoms with van der Waals surface area (Å²) < 4.78 is 0. The monoisotopic (exact) mass is 433 g/mol. The molecule has 0 radical (unpaired) electrons. The molecule has 2 aliphatic rings. The van der Waals surface area contributed by atoms with E-state index in [9.17, 15) is 0 Å². The molecule has 0 saturated carbocycles. The highest BCUT2D eigenvalue weighted by molar-refractivity contribution is 5.56. The van der Waals surface area contributed by atoms with E-state index in [0.29, 0.717) is 18.0 Å². The number of aryl methyl sites for hydroxylation is 2. The number of hydrogen-bond donors (Lipinski definition) is 3. The summed E-state index contributed by atoms with van der Waals surface area (Å²) in [5.41, 5.74) is 13.5. The highest BCUT2D eigenvalue weighted by atomic mass is 15.3. The van der Waals surface area contributed by atoms with Gasteiger partial charge in [0.25, 0.3) is 0 Å². The zero-order chi connectivity index (χ0) is 22.8. The summed E-state index contributed by atoms with van der Waals surface area (Å²) in [4.78, 5) is 14.3. The topological polar surface area (TPSA) is 82.3 Å². The van der Waals surface area contributed by atoms with Crippen LogP contribution >= 0.6 is 0 Å². The lowest BCUT2D eigenvalue weighted by Gasteiger charge is -2.43. The van der Waals surface area contributed by atoms with Crippen molar-refractivity contribution in [3.05, 3.63) is 71.0 Å². The highest BCUT2D eigenvalue weighted by Crippen LogP contribution is 2.32. The Morgan fingerprint density at radius 2 is 1.97 bits per heavy atom. The molecule has 0 unspecified atom stereocenters. The van der Waals surface area contributed by atoms with E-state index in [4.69, 9.17) is 10.7 Å². The van der Waals surface area contributed by atoms with E-state index in [1.165, 1.54) is 16.7 Å². The third-order valence-electron chi connectivity index (χ3n) is 6.62. The smallest absolute Gasteiger partial charge is 0.227 e. The van der Waals surface area contributed by atoms with Crippen molar-refractivity contribution in [1.82, 2.24) is 25.1 Å². The summed E-state index contributed by atoms with van der Waals surface area (Å²) in [6, 6.07) is 7.34. The first-order valence-corrected chi connectivity index (χ1v) is 11.4. The zero-order valence-electron chi connectivity index (χ0n) is 19.7. The van der Waals surface area contributed by atoms with Crippen molar-refractivity contribution in [2.24, 2.45) is 5.73 Å². The van der Waals surface area contributed by atoms with Gasteiger partial charge in [-0.25, -0.2) is 9.97 Å². The van der Waals surface area contributed by atoms with Gasteiger partial charge < -0.3 is 21.3 Å². The number of likely N-dealkylation sites (tertiary alicyclic amines) is 1. The van der Waals surface area contributed by atoms with Gasteiger partial charge in [0.05, 0.1) is 17.1 Å². The van der Waals surface area contributed by atoms with Gasteiger partial charge in [-0.3, -0.25) is 4.90 Å². The van der Waals surface area contributed by atoms with E-state index in [0.717, 1.165) is 55.3 Å². The third kappa shape index (κ3) is 4.58. The van der Waals surface area contributed by atoms with Crippen LogP contribution in [0.3, 0.4) is 0 Å². The first kappa shape index (κ1) is 22.1. The molecule has 4 N–H and O–H groups in total. The van der Waals surface area contributed by atoms with Gasteiger partial charge in [-0.05, 0) is 56.9 Å². The lowest BCUT2D eigenvalue weighted by molar-refractivity contribution is 0.0910. The van der Waals surface area contributed by atoms with Crippen molar-refractivity contribution >= 4 is 11.6 Å². The van der Waals surface area contributed by atoms with Gasteiger partial charge in [-0.15, -0.1) is 0 Å². The second kappa shape index (κ2) is 9.20. The van der Waals surface area contributed by atoms with Crippen LogP contribution in [0.5, 0.6) is 0 Å². The van der Waals surface area contributed by atoms with E-state index < -0.39 is 0 Å². The maximum atomic E-state index is 5.75. The van der Waals surface area contributed by atoms with E-state index in [2.05, 4.69) is 71.0 Å². The number of piperidine rings is 1. The zero-order valence-corrected chi connectivity index (χ0v) is 19.7. The van der Waals surface area contributed by atoms with Crippen LogP contribution in [0.15, 0.2) is 48.6 Å². The number of likely N-dealkylation sites (N-methyl/N-ethyl adjacent to an activating group) is 1. The van der Waals surface area contributed by atoms with Crippen LogP contribution < -0.4 is 16.4 Å². The quantitative estimate of drug-likeness (QED) is 0.601. The summed E-state index contributed by atoms with van der Waals surface area (Å²) in [5, 5.41) is 6.52. The maximum absolute atomic E-state index is 5.75. The van der Waals surface area contributed by atoms with Gasteiger partial charge in [-0.1, -0.05) is 12.6 Å². The number of nitrogens with zero attached hydrogens (tertiary/aromatic N) is 4. The molecule has 0 spiro atoms. The molecule has 3 heterocycles. The first-order chi connectivity index (χ1) is 15.4. The molecule has 1 aromatic carbocycles. The predicted molar refractivity (Wildman–Crippen MR) is 130 cm³/mol. The van der Waals surface area contributed by atoms with E-state index in [1.807, 2.05) is 13.2 Å². The third-order valence-corrected chi connectivity index (χ3v) is 6.62. The molecule has 7 nitrogen and oxygen atoms in total. The number of benzene rings is 1. The molecule has 0 bridgehead atoms. The molecule has 0 aliphatic carbocycles. The number of aromatic nitrogens is 2. The highest BCUT2D eigenvalue weighted by Gasteiger charge is 2.33. The summed E-state index contributed by atoms with van der Waals surface area (Å²) in [7, 11) is 1.88. The fraction of sp³-hybridized carbons (Fsp3) is 0.440. The number of fused-ring (bicyclic) bond motifs is 1.